The Hall–Kier alpha value is -1.43. The Balaban J connectivity index is 1.45. The van der Waals surface area contributed by atoms with Crippen LogP contribution in [0.4, 0.5) is 0 Å². The van der Waals surface area contributed by atoms with Gasteiger partial charge >= 0.3 is 0 Å². The van der Waals surface area contributed by atoms with E-state index in [0.29, 0.717) is 18.8 Å². The monoisotopic (exact) mass is 346 g/mol. The number of benzene rings is 1. The number of hydrogen-bond acceptors (Lipinski definition) is 4. The maximum absolute atomic E-state index is 12.6. The van der Waals surface area contributed by atoms with Crippen LogP contribution in [0.2, 0.25) is 0 Å². The van der Waals surface area contributed by atoms with E-state index in [0.717, 1.165) is 38.6 Å². The minimum Gasteiger partial charge on any atom is -0.390 e. The third-order valence-corrected chi connectivity index (χ3v) is 5.64. The average molecular weight is 346 g/mol. The molecule has 1 saturated carbocycles. The second-order valence-corrected chi connectivity index (χ2v) is 7.57. The number of nitrogens with one attached hydrogen (secondary N) is 2. The lowest BCUT2D eigenvalue weighted by Crippen LogP contribution is -2.53. The van der Waals surface area contributed by atoms with Crippen molar-refractivity contribution < 1.29 is 15.0 Å². The van der Waals surface area contributed by atoms with Crippen molar-refractivity contribution in [1.82, 2.24) is 10.6 Å². The van der Waals surface area contributed by atoms with Crippen molar-refractivity contribution >= 4 is 5.91 Å². The second-order valence-electron chi connectivity index (χ2n) is 7.57. The molecule has 1 heterocycles. The highest BCUT2D eigenvalue weighted by atomic mass is 16.3. The molecular formula is C20H30N2O3. The first-order valence-electron chi connectivity index (χ1n) is 9.55. The Morgan fingerprint density at radius 1 is 1.08 bits per heavy atom. The number of rotatable bonds is 5. The summed E-state index contributed by atoms with van der Waals surface area (Å²) in [5, 5.41) is 25.8. The van der Waals surface area contributed by atoms with Crippen LogP contribution in [0.3, 0.4) is 0 Å². The molecule has 1 amide bonds. The maximum atomic E-state index is 12.6. The average Bonchev–Trinajstić information content (AvgIpc) is 2.64. The summed E-state index contributed by atoms with van der Waals surface area (Å²) in [6.45, 7) is 0.879. The smallest absolute Gasteiger partial charge is 0.237 e. The molecule has 0 aromatic heterocycles. The highest BCUT2D eigenvalue weighted by molar-refractivity contribution is 5.82. The second kappa shape index (κ2) is 8.79. The van der Waals surface area contributed by atoms with Crippen molar-refractivity contribution in [1.29, 1.82) is 0 Å². The van der Waals surface area contributed by atoms with E-state index >= 15 is 0 Å². The number of hydrogen-bond donors (Lipinski definition) is 4. The molecule has 5 heteroatoms. The summed E-state index contributed by atoms with van der Waals surface area (Å²) in [4.78, 5) is 12.6. The van der Waals surface area contributed by atoms with Crippen LogP contribution < -0.4 is 10.6 Å². The molecule has 0 radical (unpaired) electrons. The van der Waals surface area contributed by atoms with Gasteiger partial charge in [-0.2, -0.15) is 0 Å². The summed E-state index contributed by atoms with van der Waals surface area (Å²) >= 11 is 0. The zero-order valence-electron chi connectivity index (χ0n) is 14.7. The van der Waals surface area contributed by atoms with Crippen molar-refractivity contribution in [3.63, 3.8) is 0 Å². The van der Waals surface area contributed by atoms with E-state index in [9.17, 15) is 15.0 Å². The predicted molar refractivity (Wildman–Crippen MR) is 97.1 cm³/mol. The van der Waals surface area contributed by atoms with Crippen LogP contribution >= 0.6 is 0 Å². The van der Waals surface area contributed by atoms with E-state index in [1.165, 1.54) is 5.56 Å². The molecule has 3 rings (SSSR count). The molecule has 5 nitrogen and oxygen atoms in total. The van der Waals surface area contributed by atoms with Crippen LogP contribution in [0.1, 0.15) is 44.1 Å². The molecule has 1 aliphatic carbocycles. The van der Waals surface area contributed by atoms with Crippen LogP contribution in [0.25, 0.3) is 0 Å². The molecule has 4 N–H and O–H groups in total. The zero-order chi connectivity index (χ0) is 17.6. The van der Waals surface area contributed by atoms with Gasteiger partial charge in [-0.3, -0.25) is 4.79 Å². The highest BCUT2D eigenvalue weighted by Crippen LogP contribution is 2.23. The largest absolute Gasteiger partial charge is 0.390 e. The summed E-state index contributed by atoms with van der Waals surface area (Å²) in [7, 11) is 0. The van der Waals surface area contributed by atoms with Gasteiger partial charge in [0.05, 0.1) is 18.2 Å². The number of aliphatic hydroxyl groups excluding tert-OH is 2. The normalized spacial score (nSPS) is 33.0. The lowest BCUT2D eigenvalue weighted by Gasteiger charge is -2.34. The minimum absolute atomic E-state index is 0.0302. The van der Waals surface area contributed by atoms with Gasteiger partial charge in [-0.05, 0) is 63.0 Å². The number of carbonyl (C=O) groups excluding carboxylic acids is 1. The standard InChI is InChI=1S/C20H30N2O3/c23-18-9-8-16(13-19(18)24)22-20(25)17-12-15(10-11-21-17)7-6-14-4-2-1-3-5-14/h1-5,15-19,21,23-24H,6-13H2,(H,22,25)/t15?,16?,17?,18-,19+/m0/s1. The predicted octanol–water partition coefficient (Wildman–Crippen LogP) is 1.38. The van der Waals surface area contributed by atoms with E-state index in [4.69, 9.17) is 0 Å². The van der Waals surface area contributed by atoms with Crippen molar-refractivity contribution in [2.75, 3.05) is 6.54 Å². The molecule has 5 atom stereocenters. The van der Waals surface area contributed by atoms with Crippen LogP contribution in [-0.4, -0.2) is 47.0 Å². The van der Waals surface area contributed by atoms with E-state index < -0.39 is 12.2 Å². The number of carbonyl (C=O) groups is 1. The first-order chi connectivity index (χ1) is 12.1. The number of piperidine rings is 1. The van der Waals surface area contributed by atoms with Gasteiger partial charge in [-0.1, -0.05) is 30.3 Å². The van der Waals surface area contributed by atoms with Crippen molar-refractivity contribution in [3.8, 4) is 0 Å². The molecule has 1 aromatic rings. The fraction of sp³-hybridized carbons (Fsp3) is 0.650. The molecule has 2 aliphatic rings. The van der Waals surface area contributed by atoms with Crippen LogP contribution in [-0.2, 0) is 11.2 Å². The third kappa shape index (κ3) is 5.27. The van der Waals surface area contributed by atoms with Gasteiger partial charge in [-0.15, -0.1) is 0 Å². The maximum Gasteiger partial charge on any atom is 0.237 e. The Labute approximate surface area is 149 Å². The van der Waals surface area contributed by atoms with Crippen molar-refractivity contribution in [3.05, 3.63) is 35.9 Å². The molecule has 1 aliphatic heterocycles. The molecule has 3 unspecified atom stereocenters. The highest BCUT2D eigenvalue weighted by Gasteiger charge is 2.31. The van der Waals surface area contributed by atoms with Gasteiger partial charge in [-0.25, -0.2) is 0 Å². The molecule has 2 fully saturated rings. The van der Waals surface area contributed by atoms with Crippen LogP contribution in [0, 0.1) is 5.92 Å². The molecule has 0 bridgehead atoms. The molecule has 1 aromatic carbocycles. The fourth-order valence-corrected chi connectivity index (χ4v) is 4.04. The summed E-state index contributed by atoms with van der Waals surface area (Å²) < 4.78 is 0. The molecule has 138 valence electrons. The summed E-state index contributed by atoms with van der Waals surface area (Å²) in [6.07, 6.45) is 4.51. The SMILES string of the molecule is O=C(NC1CC[C@H](O)[C@H](O)C1)C1CC(CCc2ccccc2)CCN1. The fourth-order valence-electron chi connectivity index (χ4n) is 4.04. The molecule has 1 saturated heterocycles. The Kier molecular flexibility index (Phi) is 6.45. The summed E-state index contributed by atoms with van der Waals surface area (Å²) in [6, 6.07) is 10.3. The quantitative estimate of drug-likeness (QED) is 0.649. The van der Waals surface area contributed by atoms with Gasteiger partial charge in [0.15, 0.2) is 0 Å². The van der Waals surface area contributed by atoms with Gasteiger partial charge < -0.3 is 20.8 Å². The van der Waals surface area contributed by atoms with E-state index in [-0.39, 0.29) is 18.0 Å². The van der Waals surface area contributed by atoms with Gasteiger partial charge in [0, 0.05) is 6.04 Å². The topological polar surface area (TPSA) is 81.6 Å². The van der Waals surface area contributed by atoms with Crippen molar-refractivity contribution in [2.24, 2.45) is 5.92 Å². The minimum atomic E-state index is -0.725. The zero-order valence-corrected chi connectivity index (χ0v) is 14.7. The lowest BCUT2D eigenvalue weighted by atomic mass is 9.86. The molecule has 25 heavy (non-hydrogen) atoms. The number of amides is 1. The first-order valence-corrected chi connectivity index (χ1v) is 9.55. The van der Waals surface area contributed by atoms with Crippen LogP contribution in [0.15, 0.2) is 30.3 Å². The number of aryl methyl sites for hydroxylation is 1. The Bertz CT molecular complexity index is 551. The lowest BCUT2D eigenvalue weighted by molar-refractivity contribution is -0.125. The third-order valence-electron chi connectivity index (χ3n) is 5.64. The van der Waals surface area contributed by atoms with E-state index in [1.54, 1.807) is 0 Å². The van der Waals surface area contributed by atoms with Gasteiger partial charge in [0.2, 0.25) is 5.91 Å². The van der Waals surface area contributed by atoms with E-state index in [2.05, 4.69) is 34.9 Å². The molecule has 0 spiro atoms. The van der Waals surface area contributed by atoms with E-state index in [1.807, 2.05) is 6.07 Å². The number of aliphatic hydroxyl groups is 2. The Morgan fingerprint density at radius 3 is 2.64 bits per heavy atom. The summed E-state index contributed by atoms with van der Waals surface area (Å²) in [5.74, 6) is 0.606. The summed E-state index contributed by atoms with van der Waals surface area (Å²) in [5.41, 5.74) is 1.36. The van der Waals surface area contributed by atoms with Gasteiger partial charge in [0.25, 0.3) is 0 Å². The van der Waals surface area contributed by atoms with Gasteiger partial charge in [0.1, 0.15) is 0 Å². The van der Waals surface area contributed by atoms with Crippen LogP contribution in [0.5, 0.6) is 0 Å². The molecular weight excluding hydrogens is 316 g/mol. The first kappa shape index (κ1) is 18.4. The Morgan fingerprint density at radius 2 is 1.88 bits per heavy atom. The van der Waals surface area contributed by atoms with Crippen molar-refractivity contribution in [2.45, 2.75) is 69.2 Å².